The van der Waals surface area contributed by atoms with Crippen molar-refractivity contribution in [3.63, 3.8) is 0 Å². The van der Waals surface area contributed by atoms with Gasteiger partial charge in [0.2, 0.25) is 0 Å². The molecule has 5 rings (SSSR count). The highest BCUT2D eigenvalue weighted by Crippen LogP contribution is 2.23. The first-order valence-electron chi connectivity index (χ1n) is 10.8. The fraction of sp³-hybridized carbons (Fsp3) is 0.0714. The number of halogens is 3. The van der Waals surface area contributed by atoms with Gasteiger partial charge < -0.3 is 0 Å². The first-order valence-corrected chi connectivity index (χ1v) is 10.8. The van der Waals surface area contributed by atoms with Gasteiger partial charge in [0.05, 0.1) is 0 Å². The Hall–Kier alpha value is -4.39. The minimum Gasteiger partial charge on any atom is -0.236 e. The highest BCUT2D eigenvalue weighted by atomic mass is 19.2. The topological polar surface area (TPSA) is 51.6 Å². The van der Waals surface area contributed by atoms with Crippen LogP contribution in [0.5, 0.6) is 0 Å². The SMILES string of the molecule is Cc1cnc(-c2ccc(-c3ccc(F)cc3)cc2)nc1.Cc1cnc(-c2ccc(F)c(F)c2)nc1. The van der Waals surface area contributed by atoms with Gasteiger partial charge in [0.1, 0.15) is 5.82 Å². The largest absolute Gasteiger partial charge is 0.236 e. The molecule has 0 saturated carbocycles. The smallest absolute Gasteiger partial charge is 0.159 e. The highest BCUT2D eigenvalue weighted by Gasteiger charge is 2.06. The number of aryl methyl sites for hydroxylation is 2. The summed E-state index contributed by atoms with van der Waals surface area (Å²) in [6, 6.07) is 18.0. The number of hydrogen-bond donors (Lipinski definition) is 0. The van der Waals surface area contributed by atoms with Crippen molar-refractivity contribution in [1.82, 2.24) is 19.9 Å². The molecule has 5 aromatic rings. The van der Waals surface area contributed by atoms with Gasteiger partial charge in [-0.15, -0.1) is 0 Å². The molecule has 35 heavy (non-hydrogen) atoms. The van der Waals surface area contributed by atoms with Crippen LogP contribution in [0.3, 0.4) is 0 Å². The van der Waals surface area contributed by atoms with E-state index in [9.17, 15) is 13.2 Å². The molecular formula is C28H21F3N4. The van der Waals surface area contributed by atoms with E-state index in [1.807, 2.05) is 38.1 Å². The van der Waals surface area contributed by atoms with Gasteiger partial charge >= 0.3 is 0 Å². The maximum absolute atomic E-state index is 12.9. The summed E-state index contributed by atoms with van der Waals surface area (Å²) in [6.07, 6.45) is 6.86. The van der Waals surface area contributed by atoms with Crippen molar-refractivity contribution in [2.45, 2.75) is 13.8 Å². The first-order chi connectivity index (χ1) is 16.9. The summed E-state index contributed by atoms with van der Waals surface area (Å²) < 4.78 is 38.5. The standard InChI is InChI=1S/C17H13FN2.C11H8F2N2/c1-12-10-19-17(20-11-12)15-4-2-13(3-5-15)14-6-8-16(18)9-7-14;1-7-5-14-11(15-6-7)8-2-3-9(12)10(13)4-8/h2-11H,1H3;2-6H,1H3. The van der Waals surface area contributed by atoms with Crippen LogP contribution in [0.25, 0.3) is 33.9 Å². The van der Waals surface area contributed by atoms with Crippen LogP contribution in [0, 0.1) is 31.3 Å². The van der Waals surface area contributed by atoms with E-state index in [2.05, 4.69) is 19.9 Å². The molecule has 4 nitrogen and oxygen atoms in total. The van der Waals surface area contributed by atoms with E-state index in [1.54, 1.807) is 36.9 Å². The van der Waals surface area contributed by atoms with Crippen molar-refractivity contribution >= 4 is 0 Å². The monoisotopic (exact) mass is 470 g/mol. The van der Waals surface area contributed by atoms with Crippen molar-refractivity contribution in [3.05, 3.63) is 120 Å². The fourth-order valence-electron chi connectivity index (χ4n) is 3.17. The average Bonchev–Trinajstić information content (AvgIpc) is 2.88. The van der Waals surface area contributed by atoms with Crippen molar-refractivity contribution in [2.75, 3.05) is 0 Å². The van der Waals surface area contributed by atoms with Gasteiger partial charge in [0.25, 0.3) is 0 Å². The summed E-state index contributed by atoms with van der Waals surface area (Å²) >= 11 is 0. The van der Waals surface area contributed by atoms with Crippen LogP contribution in [0.2, 0.25) is 0 Å². The van der Waals surface area contributed by atoms with Gasteiger partial charge in [-0.1, -0.05) is 36.4 Å². The number of aromatic nitrogens is 4. The second-order valence-electron chi connectivity index (χ2n) is 7.88. The Labute approximate surface area is 201 Å². The molecule has 0 saturated heterocycles. The third-order valence-corrected chi connectivity index (χ3v) is 5.06. The van der Waals surface area contributed by atoms with Gasteiger partial charge in [0, 0.05) is 35.9 Å². The normalized spacial score (nSPS) is 10.4. The van der Waals surface area contributed by atoms with E-state index >= 15 is 0 Å². The third kappa shape index (κ3) is 6.14. The Kier molecular flexibility index (Phi) is 7.26. The lowest BCUT2D eigenvalue weighted by atomic mass is 10.0. The molecule has 174 valence electrons. The molecule has 0 aliphatic rings. The second-order valence-corrected chi connectivity index (χ2v) is 7.88. The molecule has 0 N–H and O–H groups in total. The average molecular weight is 470 g/mol. The second kappa shape index (κ2) is 10.7. The molecule has 2 heterocycles. The van der Waals surface area contributed by atoms with E-state index < -0.39 is 11.6 Å². The predicted molar refractivity (Wildman–Crippen MR) is 130 cm³/mol. The Morgan fingerprint density at radius 2 is 0.857 bits per heavy atom. The molecular weight excluding hydrogens is 449 g/mol. The fourth-order valence-corrected chi connectivity index (χ4v) is 3.17. The highest BCUT2D eigenvalue weighted by molar-refractivity contribution is 5.67. The lowest BCUT2D eigenvalue weighted by Crippen LogP contribution is -1.91. The van der Waals surface area contributed by atoms with Gasteiger partial charge in [0.15, 0.2) is 23.3 Å². The zero-order valence-electron chi connectivity index (χ0n) is 19.1. The molecule has 0 aliphatic heterocycles. The maximum atomic E-state index is 12.9. The van der Waals surface area contributed by atoms with Crippen LogP contribution in [-0.2, 0) is 0 Å². The van der Waals surface area contributed by atoms with E-state index in [0.29, 0.717) is 17.2 Å². The summed E-state index contributed by atoms with van der Waals surface area (Å²) in [6.45, 7) is 3.82. The Balaban J connectivity index is 0.000000172. The van der Waals surface area contributed by atoms with Crippen LogP contribution in [0.1, 0.15) is 11.1 Å². The molecule has 7 heteroatoms. The van der Waals surface area contributed by atoms with Crippen LogP contribution in [0.15, 0.2) is 91.5 Å². The zero-order chi connectivity index (χ0) is 24.8. The summed E-state index contributed by atoms with van der Waals surface area (Å²) in [5.74, 6) is -0.887. The number of hydrogen-bond acceptors (Lipinski definition) is 4. The maximum Gasteiger partial charge on any atom is 0.159 e. The van der Waals surface area contributed by atoms with Crippen molar-refractivity contribution < 1.29 is 13.2 Å². The van der Waals surface area contributed by atoms with Gasteiger partial charge in [-0.2, -0.15) is 0 Å². The summed E-state index contributed by atoms with van der Waals surface area (Å²) in [5, 5.41) is 0. The minimum atomic E-state index is -0.892. The molecule has 0 fully saturated rings. The Bertz CT molecular complexity index is 1340. The molecule has 0 aliphatic carbocycles. The lowest BCUT2D eigenvalue weighted by molar-refractivity contribution is 0.509. The quantitative estimate of drug-likeness (QED) is 0.285. The molecule has 0 atom stereocenters. The van der Waals surface area contributed by atoms with E-state index in [0.717, 1.165) is 39.9 Å². The molecule has 2 aromatic heterocycles. The van der Waals surface area contributed by atoms with Crippen LogP contribution in [0.4, 0.5) is 13.2 Å². The first kappa shape index (κ1) is 23.8. The Morgan fingerprint density at radius 1 is 0.457 bits per heavy atom. The summed E-state index contributed by atoms with van der Waals surface area (Å²) in [7, 11) is 0. The molecule has 0 radical (unpaired) electrons. The van der Waals surface area contributed by atoms with Gasteiger partial charge in [-0.3, -0.25) is 0 Å². The zero-order valence-corrected chi connectivity index (χ0v) is 19.1. The number of nitrogens with zero attached hydrogens (tertiary/aromatic N) is 4. The third-order valence-electron chi connectivity index (χ3n) is 5.06. The van der Waals surface area contributed by atoms with Gasteiger partial charge in [-0.25, -0.2) is 33.1 Å². The molecule has 0 unspecified atom stereocenters. The van der Waals surface area contributed by atoms with Crippen LogP contribution in [-0.4, -0.2) is 19.9 Å². The molecule has 0 bridgehead atoms. The Morgan fingerprint density at radius 3 is 1.34 bits per heavy atom. The van der Waals surface area contributed by atoms with Crippen molar-refractivity contribution in [1.29, 1.82) is 0 Å². The summed E-state index contributed by atoms with van der Waals surface area (Å²) in [5.41, 5.74) is 5.42. The minimum absolute atomic E-state index is 0.224. The molecule has 3 aromatic carbocycles. The predicted octanol–water partition coefficient (Wildman–Crippen LogP) is 6.99. The van der Waals surface area contributed by atoms with Crippen LogP contribution < -0.4 is 0 Å². The van der Waals surface area contributed by atoms with E-state index in [-0.39, 0.29) is 5.82 Å². The van der Waals surface area contributed by atoms with Crippen molar-refractivity contribution in [2.24, 2.45) is 0 Å². The van der Waals surface area contributed by atoms with Crippen molar-refractivity contribution in [3.8, 4) is 33.9 Å². The van der Waals surface area contributed by atoms with E-state index in [4.69, 9.17) is 0 Å². The number of rotatable bonds is 3. The van der Waals surface area contributed by atoms with Crippen LogP contribution >= 0.6 is 0 Å². The van der Waals surface area contributed by atoms with Gasteiger partial charge in [-0.05, 0) is 66.4 Å². The molecule has 0 spiro atoms. The summed E-state index contributed by atoms with van der Waals surface area (Å²) in [4.78, 5) is 16.6. The number of benzene rings is 3. The van der Waals surface area contributed by atoms with E-state index in [1.165, 1.54) is 18.2 Å². The molecule has 0 amide bonds. The lowest BCUT2D eigenvalue weighted by Gasteiger charge is -2.04.